The van der Waals surface area contributed by atoms with Gasteiger partial charge in [0.1, 0.15) is 6.54 Å². The van der Waals surface area contributed by atoms with Crippen molar-refractivity contribution in [2.75, 3.05) is 0 Å². The van der Waals surface area contributed by atoms with E-state index in [2.05, 4.69) is 4.98 Å². The minimum Gasteiger partial charge on any atom is -0.321 e. The van der Waals surface area contributed by atoms with E-state index < -0.39 is 12.7 Å². The highest BCUT2D eigenvalue weighted by Crippen LogP contribution is 2.20. The van der Waals surface area contributed by atoms with Crippen LogP contribution in [0.4, 0.5) is 13.2 Å². The summed E-state index contributed by atoms with van der Waals surface area (Å²) in [5.41, 5.74) is 1.08. The Morgan fingerprint density at radius 1 is 1.21 bits per heavy atom. The molecule has 0 saturated carbocycles. The number of hydrogen-bond acceptors (Lipinski definition) is 1. The predicted octanol–water partition coefficient (Wildman–Crippen LogP) is 2.60. The minimum atomic E-state index is -4.20. The van der Waals surface area contributed by atoms with Gasteiger partial charge in [-0.15, -0.1) is 0 Å². The molecule has 2 rings (SSSR count). The van der Waals surface area contributed by atoms with Crippen LogP contribution in [0.2, 0.25) is 0 Å². The number of imidazole rings is 1. The van der Waals surface area contributed by atoms with Crippen molar-refractivity contribution in [1.82, 2.24) is 9.55 Å². The van der Waals surface area contributed by atoms with Crippen molar-refractivity contribution in [3.05, 3.63) is 30.6 Å². The van der Waals surface area contributed by atoms with Gasteiger partial charge in [0, 0.05) is 0 Å². The van der Waals surface area contributed by atoms with Crippen LogP contribution in [-0.2, 0) is 6.54 Å². The molecule has 0 bridgehead atoms. The number of aromatic nitrogens is 2. The maximum Gasteiger partial charge on any atom is 0.406 e. The first kappa shape index (κ1) is 9.05. The van der Waals surface area contributed by atoms with Gasteiger partial charge in [0.2, 0.25) is 0 Å². The lowest BCUT2D eigenvalue weighted by atomic mass is 10.3. The SMILES string of the molecule is FC(F)(F)Cn1cnc2ccccc21. The fraction of sp³-hybridized carbons (Fsp3) is 0.222. The van der Waals surface area contributed by atoms with E-state index >= 15 is 0 Å². The Hall–Kier alpha value is -1.52. The maximum atomic E-state index is 12.1. The number of para-hydroxylation sites is 2. The molecular formula is C9H7F3N2. The molecule has 0 amide bonds. The van der Waals surface area contributed by atoms with Crippen molar-refractivity contribution in [2.24, 2.45) is 0 Å². The molecule has 0 aliphatic carbocycles. The highest BCUT2D eigenvalue weighted by Gasteiger charge is 2.28. The summed E-state index contributed by atoms with van der Waals surface area (Å²) in [6.45, 7) is -0.993. The van der Waals surface area contributed by atoms with Gasteiger partial charge in [0.05, 0.1) is 17.4 Å². The summed E-state index contributed by atoms with van der Waals surface area (Å²) in [4.78, 5) is 3.87. The fourth-order valence-electron chi connectivity index (χ4n) is 1.33. The number of fused-ring (bicyclic) bond motifs is 1. The summed E-state index contributed by atoms with van der Waals surface area (Å²) < 4.78 is 37.4. The first-order valence-electron chi connectivity index (χ1n) is 4.03. The summed E-state index contributed by atoms with van der Waals surface area (Å²) in [5, 5.41) is 0. The standard InChI is InChI=1S/C9H7F3N2/c10-9(11,12)5-14-6-13-7-3-1-2-4-8(7)14/h1-4,6H,5H2. The van der Waals surface area contributed by atoms with E-state index in [0.29, 0.717) is 11.0 Å². The number of nitrogens with zero attached hydrogens (tertiary/aromatic N) is 2. The second kappa shape index (κ2) is 3.01. The van der Waals surface area contributed by atoms with E-state index in [-0.39, 0.29) is 0 Å². The Balaban J connectivity index is 2.44. The monoisotopic (exact) mass is 200 g/mol. The normalized spacial score (nSPS) is 12.2. The lowest BCUT2D eigenvalue weighted by Crippen LogP contribution is -2.16. The van der Waals surface area contributed by atoms with Gasteiger partial charge in [-0.3, -0.25) is 0 Å². The quantitative estimate of drug-likeness (QED) is 0.691. The van der Waals surface area contributed by atoms with Crippen LogP contribution in [0.3, 0.4) is 0 Å². The van der Waals surface area contributed by atoms with E-state index in [1.54, 1.807) is 24.3 Å². The Labute approximate surface area is 78.0 Å². The first-order chi connectivity index (χ1) is 6.56. The summed E-state index contributed by atoms with van der Waals surface area (Å²) in [6, 6.07) is 6.74. The van der Waals surface area contributed by atoms with Gasteiger partial charge in [-0.25, -0.2) is 4.98 Å². The van der Waals surface area contributed by atoms with Crippen LogP contribution in [0, 0.1) is 0 Å². The van der Waals surface area contributed by atoms with Crippen LogP contribution in [-0.4, -0.2) is 15.7 Å². The van der Waals surface area contributed by atoms with E-state index in [4.69, 9.17) is 0 Å². The van der Waals surface area contributed by atoms with E-state index in [0.717, 1.165) is 4.57 Å². The summed E-state index contributed by atoms with van der Waals surface area (Å²) >= 11 is 0. The van der Waals surface area contributed by atoms with E-state index in [1.807, 2.05) is 0 Å². The number of benzene rings is 1. The number of hydrogen-bond donors (Lipinski definition) is 0. The third kappa shape index (κ3) is 1.71. The van der Waals surface area contributed by atoms with Crippen LogP contribution >= 0.6 is 0 Å². The van der Waals surface area contributed by atoms with Crippen LogP contribution in [0.15, 0.2) is 30.6 Å². The van der Waals surface area contributed by atoms with Gasteiger partial charge in [0.15, 0.2) is 0 Å². The number of halogens is 3. The second-order valence-electron chi connectivity index (χ2n) is 2.98. The van der Waals surface area contributed by atoms with Crippen molar-refractivity contribution >= 4 is 11.0 Å². The first-order valence-corrected chi connectivity index (χ1v) is 4.03. The molecule has 5 heteroatoms. The summed E-state index contributed by atoms with van der Waals surface area (Å²) in [5.74, 6) is 0. The average Bonchev–Trinajstić information content (AvgIpc) is 2.47. The largest absolute Gasteiger partial charge is 0.406 e. The zero-order valence-electron chi connectivity index (χ0n) is 7.12. The molecule has 0 saturated heterocycles. The lowest BCUT2D eigenvalue weighted by Gasteiger charge is -2.07. The maximum absolute atomic E-state index is 12.1. The highest BCUT2D eigenvalue weighted by atomic mass is 19.4. The Morgan fingerprint density at radius 2 is 1.93 bits per heavy atom. The Morgan fingerprint density at radius 3 is 2.64 bits per heavy atom. The molecule has 0 unspecified atom stereocenters. The van der Waals surface area contributed by atoms with Crippen molar-refractivity contribution in [1.29, 1.82) is 0 Å². The molecule has 14 heavy (non-hydrogen) atoms. The molecule has 1 aromatic heterocycles. The Bertz CT molecular complexity index is 444. The molecule has 0 fully saturated rings. The van der Waals surface area contributed by atoms with Crippen LogP contribution in [0.5, 0.6) is 0 Å². The van der Waals surface area contributed by atoms with Crippen molar-refractivity contribution in [2.45, 2.75) is 12.7 Å². The molecule has 1 heterocycles. The molecular weight excluding hydrogens is 193 g/mol. The van der Waals surface area contributed by atoms with Gasteiger partial charge >= 0.3 is 6.18 Å². The zero-order chi connectivity index (χ0) is 10.2. The Kier molecular flexibility index (Phi) is 1.94. The van der Waals surface area contributed by atoms with Gasteiger partial charge in [-0.1, -0.05) is 12.1 Å². The fourth-order valence-corrected chi connectivity index (χ4v) is 1.33. The van der Waals surface area contributed by atoms with Crippen molar-refractivity contribution in [3.63, 3.8) is 0 Å². The molecule has 0 atom stereocenters. The van der Waals surface area contributed by atoms with Crippen LogP contribution < -0.4 is 0 Å². The number of rotatable bonds is 1. The predicted molar refractivity (Wildman–Crippen MR) is 45.8 cm³/mol. The van der Waals surface area contributed by atoms with Gasteiger partial charge in [0.25, 0.3) is 0 Å². The molecule has 0 aliphatic heterocycles. The highest BCUT2D eigenvalue weighted by molar-refractivity contribution is 5.74. The molecule has 0 N–H and O–H groups in total. The molecule has 2 aromatic rings. The minimum absolute atomic E-state index is 0.504. The molecule has 0 aliphatic rings. The molecule has 1 aromatic carbocycles. The summed E-state index contributed by atoms with van der Waals surface area (Å²) in [7, 11) is 0. The van der Waals surface area contributed by atoms with Gasteiger partial charge < -0.3 is 4.57 Å². The average molecular weight is 200 g/mol. The number of alkyl halides is 3. The van der Waals surface area contributed by atoms with Gasteiger partial charge in [-0.2, -0.15) is 13.2 Å². The van der Waals surface area contributed by atoms with Crippen LogP contribution in [0.25, 0.3) is 11.0 Å². The lowest BCUT2D eigenvalue weighted by molar-refractivity contribution is -0.139. The van der Waals surface area contributed by atoms with Crippen molar-refractivity contribution < 1.29 is 13.2 Å². The molecule has 0 spiro atoms. The third-order valence-electron chi connectivity index (χ3n) is 1.88. The summed E-state index contributed by atoms with van der Waals surface area (Å²) in [6.07, 6.45) is -3.00. The smallest absolute Gasteiger partial charge is 0.321 e. The van der Waals surface area contributed by atoms with Gasteiger partial charge in [-0.05, 0) is 12.1 Å². The third-order valence-corrected chi connectivity index (χ3v) is 1.88. The zero-order valence-corrected chi connectivity index (χ0v) is 7.12. The van der Waals surface area contributed by atoms with Crippen molar-refractivity contribution in [3.8, 4) is 0 Å². The molecule has 2 nitrogen and oxygen atoms in total. The topological polar surface area (TPSA) is 17.8 Å². The van der Waals surface area contributed by atoms with E-state index in [1.165, 1.54) is 6.33 Å². The molecule has 0 radical (unpaired) electrons. The van der Waals surface area contributed by atoms with Crippen LogP contribution in [0.1, 0.15) is 0 Å². The molecule has 74 valence electrons. The second-order valence-corrected chi connectivity index (χ2v) is 2.98. The van der Waals surface area contributed by atoms with E-state index in [9.17, 15) is 13.2 Å².